The molecule has 162 valence electrons. The number of alkyl halides is 3. The Balaban J connectivity index is 2.13. The first-order valence-corrected chi connectivity index (χ1v) is 9.31. The fourth-order valence-electron chi connectivity index (χ4n) is 2.83. The fourth-order valence-corrected chi connectivity index (χ4v) is 3.07. The van der Waals surface area contributed by atoms with Gasteiger partial charge in [0.1, 0.15) is 5.56 Å². The van der Waals surface area contributed by atoms with Crippen molar-refractivity contribution in [2.45, 2.75) is 26.9 Å². The van der Waals surface area contributed by atoms with Crippen LogP contribution < -0.4 is 10.1 Å². The maximum atomic E-state index is 13.4. The van der Waals surface area contributed by atoms with E-state index in [2.05, 4.69) is 15.3 Å². The summed E-state index contributed by atoms with van der Waals surface area (Å²) in [7, 11) is 0. The van der Waals surface area contributed by atoms with Crippen molar-refractivity contribution in [3.63, 3.8) is 0 Å². The largest absolute Gasteiger partial charge is 0.436 e. The van der Waals surface area contributed by atoms with Gasteiger partial charge >= 0.3 is 6.18 Å². The minimum absolute atomic E-state index is 0.0617. The Bertz CT molecular complexity index is 1170. The molecule has 0 atom stereocenters. The van der Waals surface area contributed by atoms with Gasteiger partial charge in [0.05, 0.1) is 10.7 Å². The van der Waals surface area contributed by atoms with E-state index in [1.165, 1.54) is 19.9 Å². The summed E-state index contributed by atoms with van der Waals surface area (Å²) in [6.45, 7) is 4.47. The predicted molar refractivity (Wildman–Crippen MR) is 107 cm³/mol. The van der Waals surface area contributed by atoms with Crippen LogP contribution in [0.5, 0.6) is 11.6 Å². The Kier molecular flexibility index (Phi) is 6.17. The van der Waals surface area contributed by atoms with Gasteiger partial charge in [-0.15, -0.1) is 0 Å². The Morgan fingerprint density at radius 3 is 2.42 bits per heavy atom. The maximum Gasteiger partial charge on any atom is 0.434 e. The zero-order chi connectivity index (χ0) is 22.9. The lowest BCUT2D eigenvalue weighted by Gasteiger charge is -2.18. The molecule has 1 amide bonds. The standard InChI is InChI=1S/C21H16ClF4N3O2/c1-10-5-4-6-13(9-10)28-19(30)16-11(2)17(22)18(21(24,25)26)29-20(16)31-14-7-8-15(23)27-12(14)3/h4-9H,1-3H3,(H,28,30). The van der Waals surface area contributed by atoms with Crippen LogP contribution >= 0.6 is 11.6 Å². The summed E-state index contributed by atoms with van der Waals surface area (Å²) in [5.74, 6) is -2.25. The van der Waals surface area contributed by atoms with E-state index in [0.29, 0.717) is 5.69 Å². The first-order chi connectivity index (χ1) is 14.5. The van der Waals surface area contributed by atoms with Crippen molar-refractivity contribution in [2.75, 3.05) is 5.32 Å². The lowest BCUT2D eigenvalue weighted by Crippen LogP contribution is -2.19. The van der Waals surface area contributed by atoms with Crippen LogP contribution in [0.25, 0.3) is 0 Å². The molecule has 2 aromatic heterocycles. The third kappa shape index (κ3) is 4.93. The van der Waals surface area contributed by atoms with Gasteiger partial charge in [0.2, 0.25) is 11.8 Å². The van der Waals surface area contributed by atoms with Crippen LogP contribution in [0.15, 0.2) is 36.4 Å². The molecule has 2 heterocycles. The van der Waals surface area contributed by atoms with Crippen molar-refractivity contribution in [2.24, 2.45) is 0 Å². The third-order valence-corrected chi connectivity index (χ3v) is 4.78. The molecule has 0 saturated heterocycles. The van der Waals surface area contributed by atoms with Gasteiger partial charge in [-0.2, -0.15) is 17.6 Å². The van der Waals surface area contributed by atoms with Gasteiger partial charge in [-0.05, 0) is 56.2 Å². The van der Waals surface area contributed by atoms with Gasteiger partial charge in [0.25, 0.3) is 5.91 Å². The van der Waals surface area contributed by atoms with Gasteiger partial charge in [-0.25, -0.2) is 9.97 Å². The number of carbonyl (C=O) groups is 1. The number of nitrogens with one attached hydrogen (secondary N) is 1. The number of aromatic nitrogens is 2. The summed E-state index contributed by atoms with van der Waals surface area (Å²) in [6, 6.07) is 8.98. The highest BCUT2D eigenvalue weighted by Gasteiger charge is 2.38. The van der Waals surface area contributed by atoms with E-state index in [1.807, 2.05) is 13.0 Å². The number of aryl methyl sites for hydroxylation is 2. The van der Waals surface area contributed by atoms with E-state index in [1.54, 1.807) is 18.2 Å². The molecule has 10 heteroatoms. The highest BCUT2D eigenvalue weighted by molar-refractivity contribution is 6.32. The number of hydrogen-bond acceptors (Lipinski definition) is 4. The number of benzene rings is 1. The van der Waals surface area contributed by atoms with Crippen LogP contribution in [-0.4, -0.2) is 15.9 Å². The molecule has 0 bridgehead atoms. The van der Waals surface area contributed by atoms with E-state index in [-0.39, 0.29) is 22.6 Å². The minimum Gasteiger partial charge on any atom is -0.436 e. The van der Waals surface area contributed by atoms with E-state index >= 15 is 0 Å². The summed E-state index contributed by atoms with van der Waals surface area (Å²) >= 11 is 5.90. The number of nitrogens with zero attached hydrogens (tertiary/aromatic N) is 2. The van der Waals surface area contributed by atoms with E-state index in [9.17, 15) is 22.4 Å². The highest BCUT2D eigenvalue weighted by atomic mass is 35.5. The molecular formula is C21H16ClF4N3O2. The van der Waals surface area contributed by atoms with Crippen LogP contribution in [0.3, 0.4) is 0 Å². The second-order valence-corrected chi connectivity index (χ2v) is 7.10. The molecule has 0 aliphatic rings. The van der Waals surface area contributed by atoms with Crippen molar-refractivity contribution < 1.29 is 27.1 Å². The highest BCUT2D eigenvalue weighted by Crippen LogP contribution is 2.40. The molecule has 31 heavy (non-hydrogen) atoms. The number of ether oxygens (including phenoxy) is 1. The SMILES string of the molecule is Cc1cccc(NC(=O)c2c(Oc3ccc(F)nc3C)nc(C(F)(F)F)c(Cl)c2C)c1. The molecule has 5 nitrogen and oxygen atoms in total. The third-order valence-electron chi connectivity index (χ3n) is 4.32. The number of carbonyl (C=O) groups excluding carboxylic acids is 1. The molecular weight excluding hydrogens is 438 g/mol. The molecule has 1 N–H and O–H groups in total. The molecule has 0 saturated carbocycles. The van der Waals surface area contributed by atoms with Crippen molar-refractivity contribution in [1.29, 1.82) is 0 Å². The zero-order valence-electron chi connectivity index (χ0n) is 16.6. The summed E-state index contributed by atoms with van der Waals surface area (Å²) in [4.78, 5) is 20.0. The molecule has 0 aliphatic heterocycles. The van der Waals surface area contributed by atoms with Gasteiger partial charge in [0, 0.05) is 5.69 Å². The van der Waals surface area contributed by atoms with Crippen molar-refractivity contribution in [3.05, 3.63) is 75.4 Å². The molecule has 0 aliphatic carbocycles. The monoisotopic (exact) mass is 453 g/mol. The van der Waals surface area contributed by atoms with Crippen LogP contribution in [0.1, 0.15) is 32.9 Å². The number of anilines is 1. The quantitative estimate of drug-likeness (QED) is 0.374. The molecule has 0 spiro atoms. The minimum atomic E-state index is -4.89. The molecule has 3 rings (SSSR count). The molecule has 3 aromatic rings. The number of rotatable bonds is 4. The van der Waals surface area contributed by atoms with Crippen molar-refractivity contribution in [3.8, 4) is 11.6 Å². The smallest absolute Gasteiger partial charge is 0.434 e. The maximum absolute atomic E-state index is 13.4. The van der Waals surface area contributed by atoms with Crippen LogP contribution in [0, 0.1) is 26.7 Å². The molecule has 0 radical (unpaired) electrons. The summed E-state index contributed by atoms with van der Waals surface area (Å²) in [6.07, 6.45) is -4.89. The van der Waals surface area contributed by atoms with E-state index in [0.717, 1.165) is 11.6 Å². The Labute approximate surface area is 180 Å². The Morgan fingerprint density at radius 2 is 1.81 bits per heavy atom. The average molecular weight is 454 g/mol. The lowest BCUT2D eigenvalue weighted by atomic mass is 10.1. The van der Waals surface area contributed by atoms with Crippen LogP contribution in [-0.2, 0) is 6.18 Å². The average Bonchev–Trinajstić information content (AvgIpc) is 2.65. The summed E-state index contributed by atoms with van der Waals surface area (Å²) in [5.41, 5.74) is -0.511. The zero-order valence-corrected chi connectivity index (χ0v) is 17.3. The first-order valence-electron chi connectivity index (χ1n) is 8.93. The predicted octanol–water partition coefficient (Wildman–Crippen LogP) is 6.26. The Morgan fingerprint density at radius 1 is 1.10 bits per heavy atom. The summed E-state index contributed by atoms with van der Waals surface area (Å²) in [5, 5.41) is 1.88. The Hall–Kier alpha value is -3.20. The van der Waals surface area contributed by atoms with Gasteiger partial charge in [0.15, 0.2) is 11.4 Å². The topological polar surface area (TPSA) is 64.1 Å². The number of amides is 1. The van der Waals surface area contributed by atoms with Crippen LogP contribution in [0.4, 0.5) is 23.2 Å². The van der Waals surface area contributed by atoms with Gasteiger partial charge < -0.3 is 10.1 Å². The van der Waals surface area contributed by atoms with Crippen molar-refractivity contribution >= 4 is 23.2 Å². The lowest BCUT2D eigenvalue weighted by molar-refractivity contribution is -0.141. The number of pyridine rings is 2. The first kappa shape index (κ1) is 22.5. The fraction of sp³-hybridized carbons (Fsp3) is 0.190. The second-order valence-electron chi connectivity index (χ2n) is 6.72. The van der Waals surface area contributed by atoms with Gasteiger partial charge in [-0.1, -0.05) is 23.7 Å². The number of halogens is 5. The van der Waals surface area contributed by atoms with Crippen molar-refractivity contribution in [1.82, 2.24) is 9.97 Å². The summed E-state index contributed by atoms with van der Waals surface area (Å²) < 4.78 is 59.1. The molecule has 0 unspecified atom stereocenters. The molecule has 0 fully saturated rings. The molecule has 1 aromatic carbocycles. The number of hydrogen-bond donors (Lipinski definition) is 1. The van der Waals surface area contributed by atoms with E-state index in [4.69, 9.17) is 16.3 Å². The van der Waals surface area contributed by atoms with E-state index < -0.39 is 34.6 Å². The van der Waals surface area contributed by atoms with Gasteiger partial charge in [-0.3, -0.25) is 4.79 Å². The second kappa shape index (κ2) is 8.50. The normalized spacial score (nSPS) is 11.4. The van der Waals surface area contributed by atoms with Crippen LogP contribution in [0.2, 0.25) is 5.02 Å².